The number of hydrogen-bond acceptors (Lipinski definition) is 9. The lowest BCUT2D eigenvalue weighted by Gasteiger charge is -2.33. The van der Waals surface area contributed by atoms with E-state index in [1.165, 1.54) is 11.1 Å². The smallest absolute Gasteiger partial charge is 0.367 e. The maximum atomic E-state index is 13.0. The van der Waals surface area contributed by atoms with E-state index in [-0.39, 0.29) is 10.9 Å². The number of benzene rings is 1. The lowest BCUT2D eigenvalue weighted by atomic mass is 10.0. The summed E-state index contributed by atoms with van der Waals surface area (Å²) in [6.45, 7) is 11.8. The summed E-state index contributed by atoms with van der Waals surface area (Å²) in [6, 6.07) is 10.9. The number of halogens is 3. The summed E-state index contributed by atoms with van der Waals surface area (Å²) in [4.78, 5) is 14.7. The number of alkyl halides is 3. The van der Waals surface area contributed by atoms with Crippen LogP contribution in [0.3, 0.4) is 0 Å². The molecule has 0 bridgehead atoms. The molecule has 5 heterocycles. The Morgan fingerprint density at radius 3 is 2.56 bits per heavy atom. The van der Waals surface area contributed by atoms with Gasteiger partial charge in [0.25, 0.3) is 0 Å². The number of aromatic nitrogens is 3. The molecule has 13 heteroatoms. The molecule has 9 nitrogen and oxygen atoms in total. The van der Waals surface area contributed by atoms with Crippen molar-refractivity contribution in [3.63, 3.8) is 0 Å². The van der Waals surface area contributed by atoms with Gasteiger partial charge in [0.1, 0.15) is 22.4 Å². The molecule has 0 unspecified atom stereocenters. The van der Waals surface area contributed by atoms with Crippen LogP contribution < -0.4 is 16.0 Å². The summed E-state index contributed by atoms with van der Waals surface area (Å²) < 4.78 is 41.3. The van der Waals surface area contributed by atoms with Crippen LogP contribution in [0.2, 0.25) is 0 Å². The first kappa shape index (κ1) is 31.5. The summed E-state index contributed by atoms with van der Waals surface area (Å²) in [5.41, 5.74) is 4.29. The molecule has 2 fully saturated rings. The molecule has 2 saturated heterocycles. The van der Waals surface area contributed by atoms with Crippen molar-refractivity contribution < 1.29 is 13.2 Å². The molecule has 2 aliphatic rings. The highest BCUT2D eigenvalue weighted by atomic mass is 32.1. The monoisotopic (exact) mass is 639 g/mol. The maximum Gasteiger partial charge on any atom is 0.393 e. The van der Waals surface area contributed by atoms with Crippen LogP contribution in [0.25, 0.3) is 21.1 Å². The van der Waals surface area contributed by atoms with Gasteiger partial charge in [-0.1, -0.05) is 6.07 Å². The number of nitriles is 1. The normalized spacial score (nSPS) is 18.0. The predicted octanol–water partition coefficient (Wildman–Crippen LogP) is 5.34. The Kier molecular flexibility index (Phi) is 9.19. The Labute approximate surface area is 265 Å². The molecule has 0 radical (unpaired) electrons. The highest BCUT2D eigenvalue weighted by Crippen LogP contribution is 2.35. The van der Waals surface area contributed by atoms with E-state index < -0.39 is 12.6 Å². The van der Waals surface area contributed by atoms with Gasteiger partial charge < -0.3 is 20.5 Å². The van der Waals surface area contributed by atoms with Crippen molar-refractivity contribution in [2.75, 3.05) is 56.9 Å². The third-order valence-electron chi connectivity index (χ3n) is 9.17. The third-order valence-corrected chi connectivity index (χ3v) is 10.2. The molecule has 1 aromatic carbocycles. The lowest BCUT2D eigenvalue weighted by molar-refractivity contribution is -0.126. The van der Waals surface area contributed by atoms with Crippen LogP contribution in [0, 0.1) is 18.3 Å². The number of thiophene rings is 1. The number of fused-ring (bicyclic) bond motifs is 2. The molecule has 0 aliphatic carbocycles. The Morgan fingerprint density at radius 1 is 1.11 bits per heavy atom. The quantitative estimate of drug-likeness (QED) is 0.226. The van der Waals surface area contributed by atoms with Crippen molar-refractivity contribution in [1.29, 1.82) is 5.26 Å². The van der Waals surface area contributed by atoms with Crippen molar-refractivity contribution >= 4 is 44.2 Å². The van der Waals surface area contributed by atoms with E-state index in [1.54, 1.807) is 13.1 Å². The van der Waals surface area contributed by atoms with Crippen LogP contribution in [-0.4, -0.2) is 88.9 Å². The number of hydrogen-bond donors (Lipinski definition) is 3. The van der Waals surface area contributed by atoms with E-state index in [1.807, 2.05) is 6.07 Å². The third kappa shape index (κ3) is 7.04. The van der Waals surface area contributed by atoms with Crippen LogP contribution in [0.5, 0.6) is 0 Å². The Hall–Kier alpha value is -3.44. The molecule has 0 saturated carbocycles. The Bertz CT molecular complexity index is 1690. The van der Waals surface area contributed by atoms with Gasteiger partial charge in [0.15, 0.2) is 0 Å². The van der Waals surface area contributed by atoms with Crippen LogP contribution >= 0.6 is 11.3 Å². The minimum absolute atomic E-state index is 0.156. The standard InChI is InChI=1S/C32H40F3N9S/c1-20(43-12-8-38-9-13-43)18-44-24(17-36)14-26-21(2)22(4-5-28(26)44)19-42-10-6-23(7-11-42)39-29-27-15-25(16-32(33,34)35)45-30(27)41-31(37-3)40-29/h4-5,14-15,20,23,38H,6-13,16,18-19H2,1-3H3,(H2,37,39,40,41)/t20-/m0/s1. The van der Waals surface area contributed by atoms with E-state index in [0.29, 0.717) is 33.7 Å². The van der Waals surface area contributed by atoms with Gasteiger partial charge in [-0.05, 0) is 56.0 Å². The van der Waals surface area contributed by atoms with Crippen LogP contribution in [0.4, 0.5) is 24.9 Å². The SMILES string of the molecule is CNc1nc(NC2CCN(Cc3ccc4c(cc(C#N)n4C[C@H](C)N4CCNCC4)c3C)CC2)c2cc(CC(F)(F)F)sc2n1. The zero-order valence-electron chi connectivity index (χ0n) is 26.0. The molecular weight excluding hydrogens is 599 g/mol. The summed E-state index contributed by atoms with van der Waals surface area (Å²) >= 11 is 1.06. The second-order valence-electron chi connectivity index (χ2n) is 12.2. The molecule has 4 aromatic rings. The fraction of sp³-hybridized carbons (Fsp3) is 0.531. The van der Waals surface area contributed by atoms with Gasteiger partial charge in [-0.25, -0.2) is 4.98 Å². The second-order valence-corrected chi connectivity index (χ2v) is 13.3. The first-order chi connectivity index (χ1) is 21.6. The van der Waals surface area contributed by atoms with Gasteiger partial charge in [0.2, 0.25) is 5.95 Å². The first-order valence-electron chi connectivity index (χ1n) is 15.6. The van der Waals surface area contributed by atoms with Gasteiger partial charge in [0, 0.05) is 87.3 Å². The number of likely N-dealkylation sites (tertiary alicyclic amines) is 1. The summed E-state index contributed by atoms with van der Waals surface area (Å²) in [5.74, 6) is 0.971. The number of nitrogens with zero attached hydrogens (tertiary/aromatic N) is 6. The molecule has 1 atom stereocenters. The lowest BCUT2D eigenvalue weighted by Crippen LogP contribution is -2.48. The van der Waals surface area contributed by atoms with Crippen molar-refractivity contribution in [2.45, 2.75) is 64.5 Å². The maximum absolute atomic E-state index is 13.0. The zero-order chi connectivity index (χ0) is 31.7. The van der Waals surface area contributed by atoms with E-state index in [4.69, 9.17) is 0 Å². The van der Waals surface area contributed by atoms with Gasteiger partial charge in [-0.15, -0.1) is 11.3 Å². The highest BCUT2D eigenvalue weighted by molar-refractivity contribution is 7.18. The predicted molar refractivity (Wildman–Crippen MR) is 174 cm³/mol. The number of rotatable bonds is 9. The van der Waals surface area contributed by atoms with Crippen molar-refractivity contribution in [3.8, 4) is 6.07 Å². The molecule has 3 N–H and O–H groups in total. The van der Waals surface area contributed by atoms with E-state index in [0.717, 1.165) is 87.4 Å². The highest BCUT2D eigenvalue weighted by Gasteiger charge is 2.30. The van der Waals surface area contributed by atoms with E-state index in [9.17, 15) is 18.4 Å². The Balaban J connectivity index is 1.12. The van der Waals surface area contributed by atoms with Gasteiger partial charge >= 0.3 is 6.18 Å². The number of piperazine rings is 1. The molecule has 3 aromatic heterocycles. The van der Waals surface area contributed by atoms with Crippen molar-refractivity contribution in [3.05, 3.63) is 46.0 Å². The topological polar surface area (TPSA) is 97.1 Å². The fourth-order valence-corrected chi connectivity index (χ4v) is 7.69. The minimum atomic E-state index is -4.27. The largest absolute Gasteiger partial charge is 0.393 e. The fourth-order valence-electron chi connectivity index (χ4n) is 6.63. The zero-order valence-corrected chi connectivity index (χ0v) is 26.8. The van der Waals surface area contributed by atoms with E-state index in [2.05, 4.69) is 72.3 Å². The number of nitrogens with one attached hydrogen (secondary N) is 3. The van der Waals surface area contributed by atoms with E-state index >= 15 is 0 Å². The minimum Gasteiger partial charge on any atom is -0.367 e. The molecular formula is C32H40F3N9S. The van der Waals surface area contributed by atoms with Crippen molar-refractivity contribution in [2.24, 2.45) is 0 Å². The Morgan fingerprint density at radius 2 is 1.87 bits per heavy atom. The van der Waals surface area contributed by atoms with Crippen LogP contribution in [-0.2, 0) is 19.5 Å². The van der Waals surface area contributed by atoms with Crippen LogP contribution in [0.15, 0.2) is 24.3 Å². The molecule has 240 valence electrons. The number of aryl methyl sites for hydroxylation is 1. The number of anilines is 2. The van der Waals surface area contributed by atoms with Gasteiger partial charge in [-0.2, -0.15) is 23.4 Å². The molecule has 0 amide bonds. The van der Waals surface area contributed by atoms with Crippen LogP contribution in [0.1, 0.15) is 41.5 Å². The average Bonchev–Trinajstić information content (AvgIpc) is 3.59. The first-order valence-corrected chi connectivity index (χ1v) is 16.4. The van der Waals surface area contributed by atoms with Gasteiger partial charge in [-0.3, -0.25) is 9.80 Å². The molecule has 45 heavy (non-hydrogen) atoms. The van der Waals surface area contributed by atoms with Crippen molar-refractivity contribution in [1.82, 2.24) is 29.7 Å². The summed E-state index contributed by atoms with van der Waals surface area (Å²) in [6.07, 6.45) is -3.46. The summed E-state index contributed by atoms with van der Waals surface area (Å²) in [7, 11) is 1.71. The molecule has 6 rings (SSSR count). The average molecular weight is 640 g/mol. The second kappa shape index (κ2) is 13.1. The summed E-state index contributed by atoms with van der Waals surface area (Å²) in [5, 5.41) is 21.6. The molecule has 0 spiro atoms. The number of piperidine rings is 1. The van der Waals surface area contributed by atoms with Gasteiger partial charge in [0.05, 0.1) is 11.8 Å². The molecule has 2 aliphatic heterocycles.